The summed E-state index contributed by atoms with van der Waals surface area (Å²) >= 11 is 0. The third-order valence-corrected chi connectivity index (χ3v) is 1.65. The molecule has 1 saturated heterocycles. The molecule has 11 heavy (non-hydrogen) atoms. The molecule has 3 nitrogen and oxygen atoms in total. The highest BCUT2D eigenvalue weighted by Gasteiger charge is 2.16. The maximum Gasteiger partial charge on any atom is 0.330 e. The van der Waals surface area contributed by atoms with Crippen LogP contribution in [0.2, 0.25) is 0 Å². The molecule has 0 aromatic rings. The molecule has 1 unspecified atom stereocenters. The smallest absolute Gasteiger partial charge is 0.330 e. The number of carbonyl (C=O) groups excluding carboxylic acids is 1. The monoisotopic (exact) mass is 156 g/mol. The van der Waals surface area contributed by atoms with E-state index in [1.54, 1.807) is 0 Å². The van der Waals surface area contributed by atoms with Gasteiger partial charge in [-0.15, -0.1) is 0 Å². The lowest BCUT2D eigenvalue weighted by atomic mass is 10.1. The van der Waals surface area contributed by atoms with Gasteiger partial charge in [0, 0.05) is 18.6 Å². The lowest BCUT2D eigenvalue weighted by Crippen LogP contribution is -2.12. The van der Waals surface area contributed by atoms with Gasteiger partial charge in [-0.05, 0) is 6.42 Å². The van der Waals surface area contributed by atoms with E-state index in [4.69, 9.17) is 9.47 Å². The van der Waals surface area contributed by atoms with E-state index >= 15 is 0 Å². The van der Waals surface area contributed by atoms with E-state index in [9.17, 15) is 4.79 Å². The normalized spacial score (nSPS) is 23.1. The van der Waals surface area contributed by atoms with E-state index in [-0.39, 0.29) is 5.97 Å². The molecule has 62 valence electrons. The number of ether oxygens (including phenoxy) is 2. The van der Waals surface area contributed by atoms with Crippen molar-refractivity contribution in [1.29, 1.82) is 0 Å². The Hall–Kier alpha value is -0.830. The van der Waals surface area contributed by atoms with Crippen LogP contribution in [-0.2, 0) is 14.3 Å². The van der Waals surface area contributed by atoms with Crippen LogP contribution >= 0.6 is 0 Å². The Balaban J connectivity index is 2.10. The maximum atomic E-state index is 10.6. The number of rotatable bonds is 3. The Labute approximate surface area is 66.0 Å². The molecule has 0 N–H and O–H groups in total. The highest BCUT2D eigenvalue weighted by molar-refractivity contribution is 5.81. The van der Waals surface area contributed by atoms with E-state index in [0.29, 0.717) is 19.1 Å². The average molecular weight is 156 g/mol. The van der Waals surface area contributed by atoms with E-state index in [1.807, 2.05) is 0 Å². The van der Waals surface area contributed by atoms with Crippen LogP contribution in [0.15, 0.2) is 12.7 Å². The van der Waals surface area contributed by atoms with Gasteiger partial charge in [0.2, 0.25) is 0 Å². The van der Waals surface area contributed by atoms with Gasteiger partial charge in [-0.3, -0.25) is 0 Å². The first kappa shape index (κ1) is 8.27. The Morgan fingerprint density at radius 3 is 3.18 bits per heavy atom. The van der Waals surface area contributed by atoms with Gasteiger partial charge < -0.3 is 9.47 Å². The minimum absolute atomic E-state index is 0.350. The van der Waals surface area contributed by atoms with Crippen molar-refractivity contribution in [3.05, 3.63) is 12.7 Å². The molecule has 0 aromatic heterocycles. The second-order valence-corrected chi connectivity index (χ2v) is 2.56. The fourth-order valence-electron chi connectivity index (χ4n) is 0.974. The van der Waals surface area contributed by atoms with Crippen molar-refractivity contribution >= 4 is 5.97 Å². The fraction of sp³-hybridized carbons (Fsp3) is 0.625. The van der Waals surface area contributed by atoms with Crippen molar-refractivity contribution in [2.75, 3.05) is 19.8 Å². The number of hydrogen-bond acceptors (Lipinski definition) is 3. The van der Waals surface area contributed by atoms with Gasteiger partial charge >= 0.3 is 5.97 Å². The summed E-state index contributed by atoms with van der Waals surface area (Å²) in [4.78, 5) is 10.6. The van der Waals surface area contributed by atoms with E-state index in [2.05, 4.69) is 6.58 Å². The second kappa shape index (κ2) is 4.13. The molecular weight excluding hydrogens is 144 g/mol. The molecule has 0 saturated carbocycles. The summed E-state index contributed by atoms with van der Waals surface area (Å²) in [6, 6.07) is 0. The van der Waals surface area contributed by atoms with Gasteiger partial charge in [0.15, 0.2) is 0 Å². The zero-order valence-corrected chi connectivity index (χ0v) is 6.41. The summed E-state index contributed by atoms with van der Waals surface area (Å²) in [5.41, 5.74) is 0. The van der Waals surface area contributed by atoms with Crippen molar-refractivity contribution in [3.8, 4) is 0 Å². The number of carbonyl (C=O) groups is 1. The molecule has 1 aliphatic heterocycles. The standard InChI is InChI=1S/C8H12O3/c1-2-8(9)11-6-7-3-4-10-5-7/h2,7H,1,3-6H2. The third-order valence-electron chi connectivity index (χ3n) is 1.65. The predicted octanol–water partition coefficient (Wildman–Crippen LogP) is 0.752. The Bertz CT molecular complexity index is 147. The van der Waals surface area contributed by atoms with Gasteiger partial charge in [-0.25, -0.2) is 4.79 Å². The fourth-order valence-corrected chi connectivity index (χ4v) is 0.974. The van der Waals surface area contributed by atoms with Crippen molar-refractivity contribution < 1.29 is 14.3 Å². The van der Waals surface area contributed by atoms with Crippen molar-refractivity contribution in [1.82, 2.24) is 0 Å². The molecule has 3 heteroatoms. The molecule has 1 heterocycles. The highest BCUT2D eigenvalue weighted by atomic mass is 16.5. The van der Waals surface area contributed by atoms with Crippen LogP contribution in [0.25, 0.3) is 0 Å². The lowest BCUT2D eigenvalue weighted by Gasteiger charge is -2.05. The van der Waals surface area contributed by atoms with E-state index in [1.165, 1.54) is 6.08 Å². The van der Waals surface area contributed by atoms with Crippen molar-refractivity contribution in [2.24, 2.45) is 5.92 Å². The number of esters is 1. The summed E-state index contributed by atoms with van der Waals surface area (Å²) in [6.45, 7) is 5.26. The Morgan fingerprint density at radius 1 is 1.82 bits per heavy atom. The van der Waals surface area contributed by atoms with E-state index < -0.39 is 0 Å². The minimum atomic E-state index is -0.350. The summed E-state index contributed by atoms with van der Waals surface area (Å²) in [5.74, 6) is 0.0378. The molecule has 1 fully saturated rings. The van der Waals surface area contributed by atoms with Gasteiger partial charge in [0.05, 0.1) is 13.2 Å². The summed E-state index contributed by atoms with van der Waals surface area (Å²) in [5, 5.41) is 0. The van der Waals surface area contributed by atoms with Crippen LogP contribution in [0.3, 0.4) is 0 Å². The van der Waals surface area contributed by atoms with Gasteiger partial charge in [-0.1, -0.05) is 6.58 Å². The van der Waals surface area contributed by atoms with Gasteiger partial charge in [0.1, 0.15) is 0 Å². The summed E-state index contributed by atoms with van der Waals surface area (Å²) in [6.07, 6.45) is 2.17. The van der Waals surface area contributed by atoms with Crippen molar-refractivity contribution in [2.45, 2.75) is 6.42 Å². The van der Waals surface area contributed by atoms with Gasteiger partial charge in [-0.2, -0.15) is 0 Å². The molecule has 0 aromatic carbocycles. The Kier molecular flexibility index (Phi) is 3.11. The third kappa shape index (κ3) is 2.72. The molecule has 0 bridgehead atoms. The molecule has 0 amide bonds. The maximum absolute atomic E-state index is 10.6. The summed E-state index contributed by atoms with van der Waals surface area (Å²) < 4.78 is 9.94. The molecule has 1 atom stereocenters. The zero-order chi connectivity index (χ0) is 8.10. The topological polar surface area (TPSA) is 35.5 Å². The van der Waals surface area contributed by atoms with Crippen LogP contribution in [0, 0.1) is 5.92 Å². The first-order valence-corrected chi connectivity index (χ1v) is 3.70. The molecule has 1 aliphatic rings. The molecule has 1 rings (SSSR count). The van der Waals surface area contributed by atoms with Crippen LogP contribution in [0.5, 0.6) is 0 Å². The predicted molar refractivity (Wildman–Crippen MR) is 40.1 cm³/mol. The van der Waals surface area contributed by atoms with Gasteiger partial charge in [0.25, 0.3) is 0 Å². The van der Waals surface area contributed by atoms with Crippen molar-refractivity contribution in [3.63, 3.8) is 0 Å². The minimum Gasteiger partial charge on any atom is -0.462 e. The Morgan fingerprint density at radius 2 is 2.64 bits per heavy atom. The zero-order valence-electron chi connectivity index (χ0n) is 6.41. The largest absolute Gasteiger partial charge is 0.462 e. The van der Waals surface area contributed by atoms with Crippen LogP contribution < -0.4 is 0 Å². The average Bonchev–Trinajstić information content (AvgIpc) is 2.52. The quantitative estimate of drug-likeness (QED) is 0.447. The molecule has 0 aliphatic carbocycles. The second-order valence-electron chi connectivity index (χ2n) is 2.56. The molecular formula is C8H12O3. The van der Waals surface area contributed by atoms with Crippen LogP contribution in [0.4, 0.5) is 0 Å². The first-order chi connectivity index (χ1) is 5.33. The first-order valence-electron chi connectivity index (χ1n) is 3.70. The number of hydrogen-bond donors (Lipinski definition) is 0. The lowest BCUT2D eigenvalue weighted by molar-refractivity contribution is -0.139. The molecule has 0 radical (unpaired) electrons. The highest BCUT2D eigenvalue weighted by Crippen LogP contribution is 2.12. The van der Waals surface area contributed by atoms with Crippen LogP contribution in [-0.4, -0.2) is 25.8 Å². The SMILES string of the molecule is C=CC(=O)OCC1CCOC1. The van der Waals surface area contributed by atoms with E-state index in [0.717, 1.165) is 13.0 Å². The summed E-state index contributed by atoms with van der Waals surface area (Å²) in [7, 11) is 0. The molecule has 0 spiro atoms. The van der Waals surface area contributed by atoms with Crippen LogP contribution in [0.1, 0.15) is 6.42 Å².